The minimum absolute atomic E-state index is 0.100. The molecular formula is C19H24N2O4S. The van der Waals surface area contributed by atoms with Crippen molar-refractivity contribution in [2.75, 3.05) is 20.2 Å². The van der Waals surface area contributed by atoms with Gasteiger partial charge in [0.15, 0.2) is 0 Å². The van der Waals surface area contributed by atoms with Gasteiger partial charge in [-0.25, -0.2) is 13.1 Å². The molecule has 6 nitrogen and oxygen atoms in total. The summed E-state index contributed by atoms with van der Waals surface area (Å²) in [6.07, 6.45) is 0. The molecule has 1 N–H and O–H groups in total. The first-order chi connectivity index (χ1) is 12.3. The van der Waals surface area contributed by atoms with Crippen LogP contribution in [0.1, 0.15) is 18.1 Å². The van der Waals surface area contributed by atoms with E-state index in [-0.39, 0.29) is 17.3 Å². The number of ether oxygens (including phenoxy) is 1. The lowest BCUT2D eigenvalue weighted by Crippen LogP contribution is -2.37. The number of benzene rings is 2. The van der Waals surface area contributed by atoms with Gasteiger partial charge in [0.1, 0.15) is 5.75 Å². The van der Waals surface area contributed by atoms with Crippen LogP contribution >= 0.6 is 0 Å². The molecule has 1 amide bonds. The van der Waals surface area contributed by atoms with Crippen molar-refractivity contribution in [2.45, 2.75) is 25.3 Å². The Balaban J connectivity index is 1.98. The summed E-state index contributed by atoms with van der Waals surface area (Å²) in [4.78, 5) is 13.7. The van der Waals surface area contributed by atoms with E-state index < -0.39 is 10.0 Å². The first-order valence-electron chi connectivity index (χ1n) is 8.27. The van der Waals surface area contributed by atoms with Crippen LogP contribution in [0.2, 0.25) is 0 Å². The number of carbonyl (C=O) groups excluding carboxylic acids is 1. The van der Waals surface area contributed by atoms with Gasteiger partial charge in [0.2, 0.25) is 15.9 Å². The fraction of sp³-hybridized carbons (Fsp3) is 0.316. The summed E-state index contributed by atoms with van der Waals surface area (Å²) < 4.78 is 32.2. The molecule has 0 aliphatic carbocycles. The minimum Gasteiger partial charge on any atom is -0.497 e. The van der Waals surface area contributed by atoms with Crippen molar-refractivity contribution in [3.05, 3.63) is 59.7 Å². The summed E-state index contributed by atoms with van der Waals surface area (Å²) in [5.74, 6) is 0.488. The van der Waals surface area contributed by atoms with Gasteiger partial charge in [-0.1, -0.05) is 24.3 Å². The van der Waals surface area contributed by atoms with Gasteiger partial charge in [0.25, 0.3) is 0 Å². The third-order valence-electron chi connectivity index (χ3n) is 4.11. The lowest BCUT2D eigenvalue weighted by molar-refractivity contribution is -0.129. The standard InChI is InChI=1S/C19H24N2O4S/c1-15-6-4-5-7-17(15)14-21(16(2)22)13-12-20-26(23,24)19-10-8-18(25-3)9-11-19/h4-11,20H,12-14H2,1-3H3. The minimum atomic E-state index is -3.63. The van der Waals surface area contributed by atoms with E-state index in [2.05, 4.69) is 4.72 Å². The average molecular weight is 376 g/mol. The van der Waals surface area contributed by atoms with Crippen molar-refractivity contribution in [1.82, 2.24) is 9.62 Å². The second-order valence-corrected chi connectivity index (χ2v) is 7.71. The van der Waals surface area contributed by atoms with Crippen LogP contribution in [0.25, 0.3) is 0 Å². The van der Waals surface area contributed by atoms with E-state index in [0.717, 1.165) is 11.1 Å². The maximum atomic E-state index is 12.3. The lowest BCUT2D eigenvalue weighted by atomic mass is 10.1. The molecule has 0 aliphatic heterocycles. The van der Waals surface area contributed by atoms with Gasteiger partial charge in [-0.3, -0.25) is 4.79 Å². The highest BCUT2D eigenvalue weighted by Crippen LogP contribution is 2.15. The lowest BCUT2D eigenvalue weighted by Gasteiger charge is -2.22. The summed E-state index contributed by atoms with van der Waals surface area (Å²) in [7, 11) is -2.11. The van der Waals surface area contributed by atoms with Crippen molar-refractivity contribution in [3.63, 3.8) is 0 Å². The molecule has 7 heteroatoms. The number of hydrogen-bond acceptors (Lipinski definition) is 4. The Hall–Kier alpha value is -2.38. The van der Waals surface area contributed by atoms with E-state index in [1.165, 1.54) is 26.2 Å². The Morgan fingerprint density at radius 2 is 1.77 bits per heavy atom. The monoisotopic (exact) mass is 376 g/mol. The molecule has 0 saturated heterocycles. The summed E-state index contributed by atoms with van der Waals surface area (Å²) in [6, 6.07) is 14.0. The van der Waals surface area contributed by atoms with Crippen LogP contribution < -0.4 is 9.46 Å². The second kappa shape index (κ2) is 8.82. The molecule has 0 heterocycles. The molecule has 0 aromatic heterocycles. The average Bonchev–Trinajstić information content (AvgIpc) is 2.62. The largest absolute Gasteiger partial charge is 0.497 e. The smallest absolute Gasteiger partial charge is 0.240 e. The van der Waals surface area contributed by atoms with E-state index in [1.807, 2.05) is 31.2 Å². The molecule has 0 fully saturated rings. The van der Waals surface area contributed by atoms with Crippen LogP contribution in [0.3, 0.4) is 0 Å². The molecule has 0 bridgehead atoms. The van der Waals surface area contributed by atoms with Crippen LogP contribution in [-0.2, 0) is 21.4 Å². The van der Waals surface area contributed by atoms with Gasteiger partial charge in [-0.15, -0.1) is 0 Å². The van der Waals surface area contributed by atoms with E-state index >= 15 is 0 Å². The number of aryl methyl sites for hydroxylation is 1. The number of rotatable bonds is 8. The van der Waals surface area contributed by atoms with Crippen molar-refractivity contribution < 1.29 is 17.9 Å². The Kier molecular flexibility index (Phi) is 6.76. The van der Waals surface area contributed by atoms with Gasteiger partial charge in [-0.2, -0.15) is 0 Å². The Morgan fingerprint density at radius 1 is 1.12 bits per heavy atom. The second-order valence-electron chi connectivity index (χ2n) is 5.94. The van der Waals surface area contributed by atoms with Crippen LogP contribution in [0.4, 0.5) is 0 Å². The summed E-state index contributed by atoms with van der Waals surface area (Å²) >= 11 is 0. The van der Waals surface area contributed by atoms with Crippen LogP contribution in [-0.4, -0.2) is 39.4 Å². The highest BCUT2D eigenvalue weighted by atomic mass is 32.2. The molecule has 0 aliphatic rings. The molecule has 2 aromatic rings. The number of nitrogens with zero attached hydrogens (tertiary/aromatic N) is 1. The number of carbonyl (C=O) groups is 1. The van der Waals surface area contributed by atoms with Crippen molar-refractivity contribution in [2.24, 2.45) is 0 Å². The molecule has 0 saturated carbocycles. The molecule has 0 spiro atoms. The fourth-order valence-electron chi connectivity index (χ4n) is 2.49. The molecule has 2 aromatic carbocycles. The highest BCUT2D eigenvalue weighted by molar-refractivity contribution is 7.89. The van der Waals surface area contributed by atoms with Gasteiger partial charge in [-0.05, 0) is 42.3 Å². The number of amides is 1. The molecule has 2 rings (SSSR count). The predicted molar refractivity (Wildman–Crippen MR) is 100 cm³/mol. The van der Waals surface area contributed by atoms with Crippen LogP contribution in [0.5, 0.6) is 5.75 Å². The van der Waals surface area contributed by atoms with Crippen molar-refractivity contribution >= 4 is 15.9 Å². The van der Waals surface area contributed by atoms with Crippen LogP contribution in [0.15, 0.2) is 53.4 Å². The Labute approximate surface area is 154 Å². The van der Waals surface area contributed by atoms with E-state index in [9.17, 15) is 13.2 Å². The molecule has 26 heavy (non-hydrogen) atoms. The van der Waals surface area contributed by atoms with Gasteiger partial charge >= 0.3 is 0 Å². The number of methoxy groups -OCH3 is 1. The third kappa shape index (κ3) is 5.31. The third-order valence-corrected chi connectivity index (χ3v) is 5.59. The molecule has 140 valence electrons. The zero-order chi connectivity index (χ0) is 19.2. The molecule has 0 radical (unpaired) electrons. The SMILES string of the molecule is COc1ccc(S(=O)(=O)NCCN(Cc2ccccc2C)C(C)=O)cc1. The Morgan fingerprint density at radius 3 is 2.35 bits per heavy atom. The van der Waals surface area contributed by atoms with Crippen LogP contribution in [0, 0.1) is 6.92 Å². The number of hydrogen-bond donors (Lipinski definition) is 1. The molecule has 0 unspecified atom stereocenters. The Bertz CT molecular complexity index is 848. The summed E-state index contributed by atoms with van der Waals surface area (Å²) in [6.45, 7) is 4.35. The highest BCUT2D eigenvalue weighted by Gasteiger charge is 2.16. The summed E-state index contributed by atoms with van der Waals surface area (Å²) in [5, 5.41) is 0. The number of nitrogens with one attached hydrogen (secondary N) is 1. The van der Waals surface area contributed by atoms with Gasteiger partial charge in [0, 0.05) is 26.6 Å². The van der Waals surface area contributed by atoms with Gasteiger partial charge in [0.05, 0.1) is 12.0 Å². The van der Waals surface area contributed by atoms with Crippen molar-refractivity contribution in [3.8, 4) is 5.75 Å². The van der Waals surface area contributed by atoms with E-state index in [0.29, 0.717) is 18.8 Å². The zero-order valence-corrected chi connectivity index (χ0v) is 16.0. The topological polar surface area (TPSA) is 75.7 Å². The normalized spacial score (nSPS) is 11.2. The molecule has 0 atom stereocenters. The first-order valence-corrected chi connectivity index (χ1v) is 9.75. The van der Waals surface area contributed by atoms with E-state index in [1.54, 1.807) is 17.0 Å². The quantitative estimate of drug-likeness (QED) is 0.767. The first kappa shape index (κ1) is 19.9. The van der Waals surface area contributed by atoms with Crippen molar-refractivity contribution in [1.29, 1.82) is 0 Å². The fourth-order valence-corrected chi connectivity index (χ4v) is 3.52. The molecular weight excluding hydrogens is 352 g/mol. The maximum absolute atomic E-state index is 12.3. The van der Waals surface area contributed by atoms with E-state index in [4.69, 9.17) is 4.74 Å². The number of sulfonamides is 1. The summed E-state index contributed by atoms with van der Waals surface area (Å²) in [5.41, 5.74) is 2.14. The predicted octanol–water partition coefficient (Wildman–Crippen LogP) is 2.33. The maximum Gasteiger partial charge on any atom is 0.240 e. The zero-order valence-electron chi connectivity index (χ0n) is 15.2. The van der Waals surface area contributed by atoms with Gasteiger partial charge < -0.3 is 9.64 Å².